The molecule has 0 saturated heterocycles. The first-order chi connectivity index (χ1) is 26.0. The van der Waals surface area contributed by atoms with Crippen LogP contribution in [0.4, 0.5) is 0 Å². The minimum absolute atomic E-state index is 0.155. The Morgan fingerprint density at radius 2 is 0.736 bits per heavy atom. The van der Waals surface area contributed by atoms with Gasteiger partial charge in [-0.2, -0.15) is 0 Å². The second kappa shape index (κ2) is 40.6. The molecular weight excluding hydrogens is 661 g/mol. The lowest BCUT2D eigenvalue weighted by molar-refractivity contribution is -0.166. The molecule has 0 aliphatic heterocycles. The van der Waals surface area contributed by atoms with E-state index < -0.39 is 18.0 Å². The zero-order valence-electron chi connectivity index (χ0n) is 33.2. The molecule has 0 N–H and O–H groups in total. The van der Waals surface area contributed by atoms with Crippen LogP contribution >= 0.6 is 0 Å². The van der Waals surface area contributed by atoms with Crippen molar-refractivity contribution in [3.8, 4) is 0 Å². The van der Waals surface area contributed by atoms with Gasteiger partial charge in [0.15, 0.2) is 6.10 Å². The quantitative estimate of drug-likeness (QED) is 0.0289. The second-order valence-corrected chi connectivity index (χ2v) is 12.4. The lowest BCUT2D eigenvalue weighted by Crippen LogP contribution is -2.30. The van der Waals surface area contributed by atoms with E-state index in [2.05, 4.69) is 118 Å². The third kappa shape index (κ3) is 38.9. The molecule has 53 heavy (non-hydrogen) atoms. The molecule has 6 nitrogen and oxygen atoms in total. The van der Waals surface area contributed by atoms with Gasteiger partial charge in [-0.25, -0.2) is 0 Å². The Morgan fingerprint density at radius 3 is 1.15 bits per heavy atom. The fraction of sp³-hybridized carbons (Fsp3) is 0.511. The highest BCUT2D eigenvalue weighted by Crippen LogP contribution is 2.07. The molecule has 0 aromatic carbocycles. The van der Waals surface area contributed by atoms with Crippen LogP contribution in [0.25, 0.3) is 0 Å². The van der Waals surface area contributed by atoms with Crippen molar-refractivity contribution in [3.05, 3.63) is 122 Å². The van der Waals surface area contributed by atoms with Crippen LogP contribution in [0, 0.1) is 0 Å². The van der Waals surface area contributed by atoms with Gasteiger partial charge in [0.1, 0.15) is 13.2 Å². The Hall–Kier alpha value is -4.19. The Bertz CT molecular complexity index is 1210. The highest BCUT2D eigenvalue weighted by molar-refractivity contribution is 5.71. The smallest absolute Gasteiger partial charge is 0.306 e. The molecule has 0 bridgehead atoms. The standard InChI is InChI=1S/C47H70O6/c1-4-7-10-13-16-19-21-22-23-24-25-26-27-29-32-34-37-40-46(49)52-43-44(53-47(50)41-38-35-30-18-15-12-9-6-3)42-51-45(48)39-36-33-31-28-20-17-14-11-8-5-2/h7-8,10-12,15-17,19-20,22-23,25-26,29-33,35,44H,4-6,9,13-14,18,21,24,27-28,34,36-43H2,1-3H3/b10-7-,11-8-,15-12-,19-16-,20-17-,23-22-,26-25-,32-29-,33-31?,35-30?. The van der Waals surface area contributed by atoms with Crippen molar-refractivity contribution in [2.75, 3.05) is 13.2 Å². The third-order valence-corrected chi connectivity index (χ3v) is 7.44. The van der Waals surface area contributed by atoms with Crippen molar-refractivity contribution in [2.45, 2.75) is 142 Å². The Morgan fingerprint density at radius 1 is 0.396 bits per heavy atom. The fourth-order valence-corrected chi connectivity index (χ4v) is 4.51. The van der Waals surface area contributed by atoms with Crippen molar-refractivity contribution in [1.82, 2.24) is 0 Å². The maximum atomic E-state index is 12.5. The summed E-state index contributed by atoms with van der Waals surface area (Å²) in [4.78, 5) is 37.4. The largest absolute Gasteiger partial charge is 0.462 e. The Balaban J connectivity index is 4.57. The maximum Gasteiger partial charge on any atom is 0.306 e. The van der Waals surface area contributed by atoms with Gasteiger partial charge in [-0.15, -0.1) is 0 Å². The number of allylic oxidation sites excluding steroid dienone is 20. The average Bonchev–Trinajstić information content (AvgIpc) is 3.15. The van der Waals surface area contributed by atoms with Gasteiger partial charge in [0.25, 0.3) is 0 Å². The van der Waals surface area contributed by atoms with Gasteiger partial charge in [0.05, 0.1) is 0 Å². The molecule has 0 fully saturated rings. The van der Waals surface area contributed by atoms with E-state index in [0.29, 0.717) is 19.3 Å². The highest BCUT2D eigenvalue weighted by Gasteiger charge is 2.19. The number of carbonyl (C=O) groups is 3. The maximum absolute atomic E-state index is 12.5. The molecule has 0 aliphatic carbocycles. The van der Waals surface area contributed by atoms with Crippen LogP contribution < -0.4 is 0 Å². The van der Waals surface area contributed by atoms with Crippen LogP contribution in [0.2, 0.25) is 0 Å². The second-order valence-electron chi connectivity index (χ2n) is 12.4. The Labute approximate surface area is 322 Å². The topological polar surface area (TPSA) is 78.9 Å². The number of hydrogen-bond donors (Lipinski definition) is 0. The predicted octanol–water partition coefficient (Wildman–Crippen LogP) is 12.6. The molecule has 0 heterocycles. The number of hydrogen-bond acceptors (Lipinski definition) is 6. The Kier molecular flexibility index (Phi) is 37.4. The third-order valence-electron chi connectivity index (χ3n) is 7.44. The molecule has 1 atom stereocenters. The van der Waals surface area contributed by atoms with Gasteiger partial charge in [-0.3, -0.25) is 14.4 Å². The first-order valence-corrected chi connectivity index (χ1v) is 20.0. The van der Waals surface area contributed by atoms with Gasteiger partial charge in [-0.1, -0.05) is 149 Å². The van der Waals surface area contributed by atoms with Gasteiger partial charge < -0.3 is 14.2 Å². The van der Waals surface area contributed by atoms with Crippen LogP contribution in [-0.4, -0.2) is 37.2 Å². The van der Waals surface area contributed by atoms with E-state index in [-0.39, 0.29) is 38.4 Å². The minimum atomic E-state index is -0.857. The van der Waals surface area contributed by atoms with E-state index in [1.807, 2.05) is 24.3 Å². The van der Waals surface area contributed by atoms with Gasteiger partial charge in [-0.05, 0) is 89.9 Å². The van der Waals surface area contributed by atoms with E-state index in [1.165, 1.54) is 0 Å². The molecule has 6 heteroatoms. The number of rotatable bonds is 33. The first kappa shape index (κ1) is 48.8. The molecule has 1 unspecified atom stereocenters. The number of ether oxygens (including phenoxy) is 3. The number of unbranched alkanes of at least 4 members (excludes halogenated alkanes) is 2. The summed E-state index contributed by atoms with van der Waals surface area (Å²) < 4.78 is 16.4. The molecule has 0 rings (SSSR count). The summed E-state index contributed by atoms with van der Waals surface area (Å²) in [7, 11) is 0. The molecule has 0 spiro atoms. The van der Waals surface area contributed by atoms with E-state index in [9.17, 15) is 14.4 Å². The lowest BCUT2D eigenvalue weighted by atomic mass is 10.2. The van der Waals surface area contributed by atoms with Gasteiger partial charge >= 0.3 is 17.9 Å². The molecular formula is C47H70O6. The van der Waals surface area contributed by atoms with Crippen molar-refractivity contribution >= 4 is 17.9 Å². The summed E-state index contributed by atoms with van der Waals surface area (Å²) in [6.07, 6.45) is 55.2. The zero-order chi connectivity index (χ0) is 38.7. The van der Waals surface area contributed by atoms with Crippen molar-refractivity contribution in [2.24, 2.45) is 0 Å². The average molecular weight is 731 g/mol. The van der Waals surface area contributed by atoms with Crippen LogP contribution in [-0.2, 0) is 28.6 Å². The van der Waals surface area contributed by atoms with Gasteiger partial charge in [0.2, 0.25) is 0 Å². The SMILES string of the molecule is CC/C=C\C/C=C\CC=CCCC(=O)OCC(COC(=O)CCC/C=C\C/C=C\C/C=C\C/C=C\C/C=C\CC)OC(=O)CCC=CC/C=C\CCC. The normalized spacial score (nSPS) is 13.3. The van der Waals surface area contributed by atoms with Crippen molar-refractivity contribution in [3.63, 3.8) is 0 Å². The minimum Gasteiger partial charge on any atom is -0.462 e. The first-order valence-electron chi connectivity index (χ1n) is 20.0. The molecule has 0 aliphatic rings. The van der Waals surface area contributed by atoms with Crippen molar-refractivity contribution in [1.29, 1.82) is 0 Å². The molecule has 0 amide bonds. The van der Waals surface area contributed by atoms with Crippen LogP contribution in [0.15, 0.2) is 122 Å². The summed E-state index contributed by atoms with van der Waals surface area (Å²) in [5, 5.41) is 0. The van der Waals surface area contributed by atoms with E-state index in [4.69, 9.17) is 14.2 Å². The zero-order valence-corrected chi connectivity index (χ0v) is 33.2. The monoisotopic (exact) mass is 731 g/mol. The predicted molar refractivity (Wildman–Crippen MR) is 223 cm³/mol. The highest BCUT2D eigenvalue weighted by atomic mass is 16.6. The number of esters is 3. The summed E-state index contributed by atoms with van der Waals surface area (Å²) in [6, 6.07) is 0. The van der Waals surface area contributed by atoms with Crippen molar-refractivity contribution < 1.29 is 28.6 Å². The molecule has 0 aromatic rings. The van der Waals surface area contributed by atoms with Crippen LogP contribution in [0.3, 0.4) is 0 Å². The van der Waals surface area contributed by atoms with E-state index >= 15 is 0 Å². The van der Waals surface area contributed by atoms with E-state index in [1.54, 1.807) is 0 Å². The molecule has 0 radical (unpaired) electrons. The van der Waals surface area contributed by atoms with E-state index in [0.717, 1.165) is 77.0 Å². The van der Waals surface area contributed by atoms with Crippen LogP contribution in [0.5, 0.6) is 0 Å². The fourth-order valence-electron chi connectivity index (χ4n) is 4.51. The molecule has 0 aromatic heterocycles. The molecule has 0 saturated carbocycles. The molecule has 294 valence electrons. The summed E-state index contributed by atoms with van der Waals surface area (Å²) in [6.45, 7) is 6.08. The van der Waals surface area contributed by atoms with Crippen LogP contribution in [0.1, 0.15) is 136 Å². The summed E-state index contributed by atoms with van der Waals surface area (Å²) in [5.41, 5.74) is 0. The number of carbonyl (C=O) groups excluding carboxylic acids is 3. The summed E-state index contributed by atoms with van der Waals surface area (Å²) in [5.74, 6) is -1.18. The lowest BCUT2D eigenvalue weighted by Gasteiger charge is -2.18. The summed E-state index contributed by atoms with van der Waals surface area (Å²) >= 11 is 0. The van der Waals surface area contributed by atoms with Gasteiger partial charge in [0, 0.05) is 19.3 Å².